The van der Waals surface area contributed by atoms with Gasteiger partial charge in [0.15, 0.2) is 0 Å². The zero-order chi connectivity index (χ0) is 8.60. The molecule has 0 radical (unpaired) electrons. The highest BCUT2D eigenvalue weighted by molar-refractivity contribution is 8.73. The van der Waals surface area contributed by atoms with Gasteiger partial charge in [-0.1, -0.05) is 24.3 Å². The Morgan fingerprint density at radius 2 is 2.17 bits per heavy atom. The molecule has 1 aliphatic rings. The van der Waals surface area contributed by atoms with Crippen molar-refractivity contribution in [1.29, 1.82) is 0 Å². The van der Waals surface area contributed by atoms with Crippen LogP contribution >= 0.6 is 10.8 Å². The topological polar surface area (TPSA) is 37.3 Å². The van der Waals surface area contributed by atoms with E-state index in [-0.39, 0.29) is 0 Å². The molecule has 1 aliphatic heterocycles. The molecular formula is C8H8O2S2. The van der Waals surface area contributed by atoms with Gasteiger partial charge in [0.25, 0.3) is 0 Å². The summed E-state index contributed by atoms with van der Waals surface area (Å²) in [7, 11) is -1.66. The molecule has 0 aromatic heterocycles. The Balaban J connectivity index is 2.63. The maximum Gasteiger partial charge on any atom is 0.136 e. The maximum absolute atomic E-state index is 11.2. The summed E-state index contributed by atoms with van der Waals surface area (Å²) in [4.78, 5) is 0. The molecule has 0 saturated heterocycles. The largest absolute Gasteiger partial charge is 0.306 e. The maximum atomic E-state index is 11.2. The van der Waals surface area contributed by atoms with Crippen LogP contribution in [0.5, 0.6) is 0 Å². The number of benzene rings is 1. The second-order valence-corrected chi connectivity index (χ2v) is 6.52. The second-order valence-electron chi connectivity index (χ2n) is 2.59. The van der Waals surface area contributed by atoms with Gasteiger partial charge in [-0.25, -0.2) is 4.21 Å². The minimum atomic E-state index is -2.75. The van der Waals surface area contributed by atoms with Crippen LogP contribution in [0.4, 0.5) is 0 Å². The first-order valence-corrected chi connectivity index (χ1v) is 6.59. The summed E-state index contributed by atoms with van der Waals surface area (Å²) in [6.07, 6.45) is 0. The lowest BCUT2D eigenvalue weighted by atomic mass is 10.1. The van der Waals surface area contributed by atoms with E-state index < -0.39 is 8.83 Å². The van der Waals surface area contributed by atoms with Gasteiger partial charge in [0, 0.05) is 11.1 Å². The third kappa shape index (κ3) is 1.50. The molecule has 2 rings (SSSR count). The smallest absolute Gasteiger partial charge is 0.136 e. The van der Waals surface area contributed by atoms with Crippen LogP contribution in [0.3, 0.4) is 0 Å². The molecule has 1 heterocycles. The van der Waals surface area contributed by atoms with E-state index in [0.717, 1.165) is 21.9 Å². The summed E-state index contributed by atoms with van der Waals surface area (Å²) in [6, 6.07) is 7.66. The predicted octanol–water partition coefficient (Wildman–Crippen LogP) is 1.76. The van der Waals surface area contributed by atoms with E-state index in [9.17, 15) is 8.76 Å². The molecule has 0 amide bonds. The van der Waals surface area contributed by atoms with E-state index in [1.807, 2.05) is 24.3 Å². The van der Waals surface area contributed by atoms with Gasteiger partial charge in [-0.15, -0.1) is 0 Å². The lowest BCUT2D eigenvalue weighted by Gasteiger charge is -2.12. The fourth-order valence-electron chi connectivity index (χ4n) is 1.12. The van der Waals surface area contributed by atoms with Crippen LogP contribution < -0.4 is 0 Å². The molecule has 4 heteroatoms. The summed E-state index contributed by atoms with van der Waals surface area (Å²) in [5.41, 5.74) is 2.03. The first-order chi connectivity index (χ1) is 5.67. The van der Waals surface area contributed by atoms with E-state index in [1.165, 1.54) is 5.37 Å². The molecule has 1 unspecified atom stereocenters. The average molecular weight is 200 g/mol. The van der Waals surface area contributed by atoms with Crippen molar-refractivity contribution in [2.75, 3.05) is 0 Å². The Morgan fingerprint density at radius 1 is 1.42 bits per heavy atom. The van der Waals surface area contributed by atoms with Crippen LogP contribution in [-0.4, -0.2) is 14.1 Å². The van der Waals surface area contributed by atoms with E-state index in [2.05, 4.69) is 0 Å². The van der Waals surface area contributed by atoms with Crippen LogP contribution in [-0.2, 0) is 14.6 Å². The van der Waals surface area contributed by atoms with Gasteiger partial charge in [-0.05, 0) is 21.9 Å². The molecule has 0 aliphatic carbocycles. The van der Waals surface area contributed by atoms with Crippen molar-refractivity contribution in [3.05, 3.63) is 35.4 Å². The van der Waals surface area contributed by atoms with Gasteiger partial charge in [-0.2, -0.15) is 0 Å². The second kappa shape index (κ2) is 2.80. The van der Waals surface area contributed by atoms with Crippen LogP contribution in [0.25, 0.3) is 0 Å². The van der Waals surface area contributed by atoms with Gasteiger partial charge in [0.2, 0.25) is 0 Å². The normalized spacial score (nSPS) is 27.4. The molecular weight excluding hydrogens is 192 g/mol. The highest BCUT2D eigenvalue weighted by Crippen LogP contribution is 2.25. The number of fused-ring (bicyclic) bond motifs is 1. The Morgan fingerprint density at radius 3 is 3.00 bits per heavy atom. The number of rotatable bonds is 0. The molecule has 12 heavy (non-hydrogen) atoms. The number of hydrogen-bond donors (Lipinski definition) is 1. The van der Waals surface area contributed by atoms with Gasteiger partial charge >= 0.3 is 0 Å². The highest BCUT2D eigenvalue weighted by Gasteiger charge is 2.12. The molecule has 64 valence electrons. The summed E-state index contributed by atoms with van der Waals surface area (Å²) in [5.74, 6) is 0.627. The van der Waals surface area contributed by atoms with E-state index in [0.29, 0.717) is 5.75 Å². The molecule has 0 spiro atoms. The Kier molecular flexibility index (Phi) is 1.90. The van der Waals surface area contributed by atoms with Crippen molar-refractivity contribution in [3.63, 3.8) is 0 Å². The molecule has 0 bridgehead atoms. The van der Waals surface area contributed by atoms with Crippen molar-refractivity contribution >= 4 is 25.0 Å². The summed E-state index contributed by atoms with van der Waals surface area (Å²) < 4.78 is 20.5. The van der Waals surface area contributed by atoms with Crippen LogP contribution in [0, 0.1) is 0 Å². The minimum Gasteiger partial charge on any atom is -0.306 e. The van der Waals surface area contributed by atoms with E-state index >= 15 is 0 Å². The van der Waals surface area contributed by atoms with Crippen LogP contribution in [0.1, 0.15) is 11.1 Å². The lowest BCUT2D eigenvalue weighted by molar-refractivity contribution is 0.577. The van der Waals surface area contributed by atoms with Gasteiger partial charge < -0.3 is 4.55 Å². The predicted molar refractivity (Wildman–Crippen MR) is 53.7 cm³/mol. The zero-order valence-electron chi connectivity index (χ0n) is 6.27. The Bertz CT molecular complexity index is 417. The molecule has 1 atom stereocenters. The molecule has 2 nitrogen and oxygen atoms in total. The van der Waals surface area contributed by atoms with Crippen molar-refractivity contribution < 1.29 is 8.76 Å². The lowest BCUT2D eigenvalue weighted by Crippen LogP contribution is -2.06. The first-order valence-electron chi connectivity index (χ1n) is 3.51. The summed E-state index contributed by atoms with van der Waals surface area (Å²) >= 11 is 0. The molecule has 0 fully saturated rings. The zero-order valence-corrected chi connectivity index (χ0v) is 7.90. The fraction of sp³-hybridized carbons (Fsp3) is 0.125. The quantitative estimate of drug-likeness (QED) is 0.512. The third-order valence-corrected chi connectivity index (χ3v) is 4.69. The summed E-state index contributed by atoms with van der Waals surface area (Å²) in [5, 5.41) is 1.44. The van der Waals surface area contributed by atoms with Crippen LogP contribution in [0.2, 0.25) is 0 Å². The third-order valence-electron chi connectivity index (χ3n) is 1.71. The average Bonchev–Trinajstić information content (AvgIpc) is 2.02. The van der Waals surface area contributed by atoms with Crippen molar-refractivity contribution in [2.24, 2.45) is 0 Å². The first kappa shape index (κ1) is 8.16. The summed E-state index contributed by atoms with van der Waals surface area (Å²) in [6.45, 7) is 0. The van der Waals surface area contributed by atoms with Crippen molar-refractivity contribution in [1.82, 2.24) is 0 Å². The standard InChI is InChI=1S/C8H8O2S2/c9-12(10)6-8-4-2-1-3-7(8)5-11-12/h1-4,6H,5H2,(H,9,10). The van der Waals surface area contributed by atoms with Gasteiger partial charge in [0.1, 0.15) is 8.83 Å². The van der Waals surface area contributed by atoms with Crippen molar-refractivity contribution in [2.45, 2.75) is 5.75 Å². The SMILES string of the molecule is O=S1(O)=Cc2ccccc2CS1. The Hall–Kier alpha value is -0.450. The van der Waals surface area contributed by atoms with Gasteiger partial charge in [-0.3, -0.25) is 0 Å². The van der Waals surface area contributed by atoms with Crippen molar-refractivity contribution in [3.8, 4) is 0 Å². The molecule has 1 aromatic carbocycles. The number of hydrogen-bond acceptors (Lipinski definition) is 2. The fourth-order valence-corrected chi connectivity index (χ4v) is 3.70. The monoisotopic (exact) mass is 200 g/mol. The highest BCUT2D eigenvalue weighted by atomic mass is 33.1. The van der Waals surface area contributed by atoms with Crippen LogP contribution in [0.15, 0.2) is 24.3 Å². The van der Waals surface area contributed by atoms with E-state index in [1.54, 1.807) is 0 Å². The Labute approximate surface area is 75.2 Å². The molecule has 1 aromatic rings. The minimum absolute atomic E-state index is 0.627. The van der Waals surface area contributed by atoms with Gasteiger partial charge in [0.05, 0.1) is 0 Å². The van der Waals surface area contributed by atoms with E-state index in [4.69, 9.17) is 0 Å². The molecule has 1 N–H and O–H groups in total. The molecule has 0 saturated carbocycles.